The molecule has 0 saturated carbocycles. The molecule has 0 bridgehead atoms. The highest BCUT2D eigenvalue weighted by molar-refractivity contribution is 5.90. The van der Waals surface area contributed by atoms with Crippen molar-refractivity contribution >= 4 is 11.6 Å². The lowest BCUT2D eigenvalue weighted by atomic mass is 10.1. The highest BCUT2D eigenvalue weighted by Crippen LogP contribution is 2.14. The van der Waals surface area contributed by atoms with Gasteiger partial charge in [0.25, 0.3) is 0 Å². The molecule has 1 aliphatic heterocycles. The minimum absolute atomic E-state index is 0.355. The van der Waals surface area contributed by atoms with Gasteiger partial charge in [0, 0.05) is 12.6 Å². The van der Waals surface area contributed by atoms with Gasteiger partial charge < -0.3 is 10.1 Å². The van der Waals surface area contributed by atoms with Crippen molar-refractivity contribution in [3.8, 4) is 0 Å². The molecule has 1 N–H and O–H groups in total. The van der Waals surface area contributed by atoms with Crippen LogP contribution < -0.4 is 5.32 Å². The molecule has 1 atom stereocenters. The number of aromatic nitrogens is 3. The van der Waals surface area contributed by atoms with E-state index in [1.165, 1.54) is 13.5 Å². The average molecular weight is 260 g/mol. The first kappa shape index (κ1) is 12.1. The lowest BCUT2D eigenvalue weighted by Gasteiger charge is -2.02. The van der Waals surface area contributed by atoms with Gasteiger partial charge in [-0.05, 0) is 37.6 Å². The number of methoxy groups -OCH3 is 1. The summed E-state index contributed by atoms with van der Waals surface area (Å²) in [5, 5.41) is 7.76. The molecule has 3 heterocycles. The van der Waals surface area contributed by atoms with Crippen LogP contribution in [0, 0.1) is 5.92 Å². The van der Waals surface area contributed by atoms with Gasteiger partial charge in [-0.25, -0.2) is 14.3 Å². The Balaban J connectivity index is 1.85. The van der Waals surface area contributed by atoms with Crippen molar-refractivity contribution in [1.29, 1.82) is 0 Å². The number of carbonyl (C=O) groups excluding carboxylic acids is 1. The molecule has 19 heavy (non-hydrogen) atoms. The number of hydrogen-bond donors (Lipinski definition) is 1. The highest BCUT2D eigenvalue weighted by Gasteiger charge is 2.17. The zero-order valence-electron chi connectivity index (χ0n) is 10.8. The van der Waals surface area contributed by atoms with Crippen molar-refractivity contribution in [2.24, 2.45) is 5.92 Å². The second-order valence-corrected chi connectivity index (χ2v) is 4.80. The van der Waals surface area contributed by atoms with Gasteiger partial charge in [-0.15, -0.1) is 0 Å². The summed E-state index contributed by atoms with van der Waals surface area (Å²) in [6, 6.07) is 3.39. The number of rotatable bonds is 3. The fraction of sp³-hybridized carbons (Fsp3) is 0.462. The lowest BCUT2D eigenvalue weighted by molar-refractivity contribution is 0.0600. The van der Waals surface area contributed by atoms with E-state index in [9.17, 15) is 4.79 Å². The van der Waals surface area contributed by atoms with Gasteiger partial charge in [-0.2, -0.15) is 5.10 Å². The molecule has 0 radical (unpaired) electrons. The van der Waals surface area contributed by atoms with Crippen molar-refractivity contribution in [2.75, 3.05) is 20.2 Å². The number of nitrogens with zero attached hydrogens (tertiary/aromatic N) is 3. The SMILES string of the molecule is COC(=O)c1ccn2nc(CC3CCNC3)nc2c1. The smallest absolute Gasteiger partial charge is 0.338 e. The predicted molar refractivity (Wildman–Crippen MR) is 69.0 cm³/mol. The fourth-order valence-electron chi connectivity index (χ4n) is 2.41. The van der Waals surface area contributed by atoms with E-state index in [-0.39, 0.29) is 5.97 Å². The summed E-state index contributed by atoms with van der Waals surface area (Å²) < 4.78 is 6.39. The van der Waals surface area contributed by atoms with Crippen molar-refractivity contribution in [2.45, 2.75) is 12.8 Å². The maximum Gasteiger partial charge on any atom is 0.338 e. The van der Waals surface area contributed by atoms with Gasteiger partial charge in [0.1, 0.15) is 0 Å². The van der Waals surface area contributed by atoms with Crippen LogP contribution in [0.15, 0.2) is 18.3 Å². The van der Waals surface area contributed by atoms with Crippen LogP contribution in [0.2, 0.25) is 0 Å². The van der Waals surface area contributed by atoms with Gasteiger partial charge in [0.15, 0.2) is 11.5 Å². The van der Waals surface area contributed by atoms with Crippen molar-refractivity contribution in [3.05, 3.63) is 29.7 Å². The number of esters is 1. The first-order valence-corrected chi connectivity index (χ1v) is 6.40. The van der Waals surface area contributed by atoms with E-state index in [2.05, 4.69) is 15.4 Å². The third-order valence-electron chi connectivity index (χ3n) is 3.44. The highest BCUT2D eigenvalue weighted by atomic mass is 16.5. The van der Waals surface area contributed by atoms with Crippen LogP contribution in [0.1, 0.15) is 22.6 Å². The lowest BCUT2D eigenvalue weighted by Crippen LogP contribution is -2.11. The zero-order chi connectivity index (χ0) is 13.2. The van der Waals surface area contributed by atoms with E-state index in [0.29, 0.717) is 17.1 Å². The minimum Gasteiger partial charge on any atom is -0.465 e. The minimum atomic E-state index is -0.355. The quantitative estimate of drug-likeness (QED) is 0.821. The second-order valence-electron chi connectivity index (χ2n) is 4.80. The summed E-state index contributed by atoms with van der Waals surface area (Å²) in [6.45, 7) is 2.10. The van der Waals surface area contributed by atoms with E-state index in [0.717, 1.165) is 25.3 Å². The summed E-state index contributed by atoms with van der Waals surface area (Å²) in [4.78, 5) is 15.9. The molecule has 3 rings (SSSR count). The molecular formula is C13H16N4O2. The molecule has 0 spiro atoms. The normalized spacial score (nSPS) is 18.9. The largest absolute Gasteiger partial charge is 0.465 e. The van der Waals surface area contributed by atoms with E-state index >= 15 is 0 Å². The van der Waals surface area contributed by atoms with Crippen LogP contribution in [0.3, 0.4) is 0 Å². The summed E-state index contributed by atoms with van der Waals surface area (Å²) in [5.41, 5.74) is 1.18. The maximum atomic E-state index is 11.5. The molecule has 6 nitrogen and oxygen atoms in total. The van der Waals surface area contributed by atoms with E-state index in [1.54, 1.807) is 22.8 Å². The summed E-state index contributed by atoms with van der Waals surface area (Å²) in [6.07, 6.45) is 3.79. The Morgan fingerprint density at radius 1 is 1.63 bits per heavy atom. The molecular weight excluding hydrogens is 244 g/mol. The molecule has 1 fully saturated rings. The van der Waals surface area contributed by atoms with Crippen molar-refractivity contribution in [3.63, 3.8) is 0 Å². The molecule has 1 saturated heterocycles. The molecule has 2 aromatic heterocycles. The first-order chi connectivity index (χ1) is 9.26. The van der Waals surface area contributed by atoms with Gasteiger partial charge >= 0.3 is 5.97 Å². The number of fused-ring (bicyclic) bond motifs is 1. The second kappa shape index (κ2) is 4.97. The Bertz CT molecular complexity index is 602. The standard InChI is InChI=1S/C13H16N4O2/c1-19-13(18)10-3-5-17-12(7-10)15-11(16-17)6-9-2-4-14-8-9/h3,5,7,9,14H,2,4,6,8H2,1H3. The van der Waals surface area contributed by atoms with Gasteiger partial charge in [0.2, 0.25) is 0 Å². The van der Waals surface area contributed by atoms with Crippen LogP contribution in [0.25, 0.3) is 5.65 Å². The Hall–Kier alpha value is -1.95. The Labute approximate surface area is 110 Å². The van der Waals surface area contributed by atoms with Gasteiger partial charge in [-0.1, -0.05) is 0 Å². The molecule has 0 aliphatic carbocycles. The number of hydrogen-bond acceptors (Lipinski definition) is 5. The van der Waals surface area contributed by atoms with Gasteiger partial charge in [-0.3, -0.25) is 0 Å². The predicted octanol–water partition coefficient (Wildman–Crippen LogP) is 0.668. The van der Waals surface area contributed by atoms with Crippen molar-refractivity contribution in [1.82, 2.24) is 19.9 Å². The molecule has 1 unspecified atom stereocenters. The van der Waals surface area contributed by atoms with E-state index in [1.807, 2.05) is 0 Å². The Morgan fingerprint density at radius 3 is 3.26 bits per heavy atom. The van der Waals surface area contributed by atoms with Crippen LogP contribution in [-0.2, 0) is 11.2 Å². The van der Waals surface area contributed by atoms with Crippen LogP contribution in [0.5, 0.6) is 0 Å². The molecule has 6 heteroatoms. The number of nitrogens with one attached hydrogen (secondary N) is 1. The molecule has 2 aromatic rings. The summed E-state index contributed by atoms with van der Waals surface area (Å²) in [5.74, 6) is 1.08. The van der Waals surface area contributed by atoms with E-state index < -0.39 is 0 Å². The zero-order valence-corrected chi connectivity index (χ0v) is 10.8. The van der Waals surface area contributed by atoms with Crippen molar-refractivity contribution < 1.29 is 9.53 Å². The Kier molecular flexibility index (Phi) is 3.16. The maximum absolute atomic E-state index is 11.5. The number of ether oxygens (including phenoxy) is 1. The topological polar surface area (TPSA) is 68.5 Å². The third kappa shape index (κ3) is 2.44. The average Bonchev–Trinajstić information content (AvgIpc) is 3.05. The summed E-state index contributed by atoms with van der Waals surface area (Å²) in [7, 11) is 1.37. The number of carbonyl (C=O) groups is 1. The fourth-order valence-corrected chi connectivity index (χ4v) is 2.41. The Morgan fingerprint density at radius 2 is 2.53 bits per heavy atom. The third-order valence-corrected chi connectivity index (χ3v) is 3.44. The van der Waals surface area contributed by atoms with Crippen LogP contribution in [-0.4, -0.2) is 40.8 Å². The number of pyridine rings is 1. The monoisotopic (exact) mass is 260 g/mol. The van der Waals surface area contributed by atoms with Gasteiger partial charge in [0.05, 0.1) is 12.7 Å². The first-order valence-electron chi connectivity index (χ1n) is 6.40. The molecule has 0 amide bonds. The molecule has 1 aliphatic rings. The van der Waals surface area contributed by atoms with Crippen LogP contribution >= 0.6 is 0 Å². The molecule has 100 valence electrons. The van der Waals surface area contributed by atoms with Crippen LogP contribution in [0.4, 0.5) is 0 Å². The van der Waals surface area contributed by atoms with E-state index in [4.69, 9.17) is 4.74 Å². The molecule has 0 aromatic carbocycles. The summed E-state index contributed by atoms with van der Waals surface area (Å²) >= 11 is 0.